The van der Waals surface area contributed by atoms with Gasteiger partial charge in [0.25, 0.3) is 17.7 Å². The van der Waals surface area contributed by atoms with Crippen molar-refractivity contribution < 1.29 is 14.4 Å². The number of amides is 3. The zero-order valence-corrected chi connectivity index (χ0v) is 24.6. The van der Waals surface area contributed by atoms with Gasteiger partial charge in [0.2, 0.25) is 0 Å². The number of aryl methyl sites for hydroxylation is 1. The van der Waals surface area contributed by atoms with E-state index in [2.05, 4.69) is 20.9 Å². The van der Waals surface area contributed by atoms with Crippen LogP contribution in [-0.2, 0) is 7.05 Å². The SMILES string of the molecule is CN(C)CCCNC(=O)c1cc(NC(=O)c2cccc(NC(=O)c3cccc(N(CCCl)CCCl)c3)c2)cn1C. The van der Waals surface area contributed by atoms with Crippen LogP contribution in [-0.4, -0.2) is 79.2 Å². The summed E-state index contributed by atoms with van der Waals surface area (Å²) in [5.74, 6) is 0.0109. The van der Waals surface area contributed by atoms with Crippen LogP contribution >= 0.6 is 23.2 Å². The summed E-state index contributed by atoms with van der Waals surface area (Å²) in [5.41, 5.74) is 3.10. The monoisotopic (exact) mass is 586 g/mol. The van der Waals surface area contributed by atoms with E-state index < -0.39 is 0 Å². The third kappa shape index (κ3) is 9.01. The normalized spacial score (nSPS) is 10.8. The van der Waals surface area contributed by atoms with Crippen LogP contribution in [0.15, 0.2) is 60.8 Å². The predicted molar refractivity (Wildman–Crippen MR) is 163 cm³/mol. The molecule has 0 saturated carbocycles. The molecule has 0 atom stereocenters. The summed E-state index contributed by atoms with van der Waals surface area (Å²) in [6.07, 6.45) is 2.52. The molecule has 0 unspecified atom stereocenters. The fourth-order valence-corrected chi connectivity index (χ4v) is 4.52. The van der Waals surface area contributed by atoms with Crippen LogP contribution in [0.2, 0.25) is 0 Å². The van der Waals surface area contributed by atoms with E-state index in [1.165, 1.54) is 0 Å². The highest BCUT2D eigenvalue weighted by atomic mass is 35.5. The number of alkyl halides is 2. The van der Waals surface area contributed by atoms with Crippen LogP contribution in [0.25, 0.3) is 0 Å². The first-order valence-electron chi connectivity index (χ1n) is 13.0. The molecule has 1 heterocycles. The smallest absolute Gasteiger partial charge is 0.267 e. The zero-order valence-electron chi connectivity index (χ0n) is 23.0. The van der Waals surface area contributed by atoms with Crippen molar-refractivity contribution >= 4 is 58.0 Å². The van der Waals surface area contributed by atoms with Crippen LogP contribution in [0.3, 0.4) is 0 Å². The van der Waals surface area contributed by atoms with Crippen LogP contribution < -0.4 is 20.9 Å². The number of carbonyl (C=O) groups is 3. The molecule has 0 fully saturated rings. The molecule has 9 nitrogen and oxygen atoms in total. The molecule has 3 aromatic rings. The fraction of sp³-hybridized carbons (Fsp3) is 0.345. The highest BCUT2D eigenvalue weighted by Gasteiger charge is 2.15. The minimum Gasteiger partial charge on any atom is -0.369 e. The number of rotatable bonds is 14. The van der Waals surface area contributed by atoms with Crippen molar-refractivity contribution in [1.29, 1.82) is 0 Å². The number of nitrogens with one attached hydrogen (secondary N) is 3. The molecular weight excluding hydrogens is 551 g/mol. The summed E-state index contributed by atoms with van der Waals surface area (Å²) in [6, 6.07) is 15.5. The Balaban J connectivity index is 1.64. The van der Waals surface area contributed by atoms with Gasteiger partial charge in [-0.3, -0.25) is 14.4 Å². The molecule has 214 valence electrons. The van der Waals surface area contributed by atoms with E-state index in [-0.39, 0.29) is 17.7 Å². The second-order valence-electron chi connectivity index (χ2n) is 9.54. The Morgan fingerprint density at radius 2 is 1.43 bits per heavy atom. The van der Waals surface area contributed by atoms with Gasteiger partial charge in [0.1, 0.15) is 5.69 Å². The Morgan fingerprint density at radius 3 is 2.08 bits per heavy atom. The lowest BCUT2D eigenvalue weighted by molar-refractivity contribution is 0.0942. The van der Waals surface area contributed by atoms with Crippen molar-refractivity contribution in [2.75, 3.05) is 67.6 Å². The average Bonchev–Trinajstić information content (AvgIpc) is 3.30. The molecule has 3 amide bonds. The molecule has 0 radical (unpaired) electrons. The van der Waals surface area contributed by atoms with E-state index >= 15 is 0 Å². The highest BCUT2D eigenvalue weighted by Crippen LogP contribution is 2.20. The number of benzene rings is 2. The Hall–Kier alpha value is -3.53. The lowest BCUT2D eigenvalue weighted by atomic mass is 10.1. The van der Waals surface area contributed by atoms with Crippen molar-refractivity contribution in [2.45, 2.75) is 6.42 Å². The van der Waals surface area contributed by atoms with Gasteiger partial charge in [-0.15, -0.1) is 23.2 Å². The molecular formula is C29H36Cl2N6O3. The average molecular weight is 588 g/mol. The first-order chi connectivity index (χ1) is 19.2. The van der Waals surface area contributed by atoms with Gasteiger partial charge >= 0.3 is 0 Å². The van der Waals surface area contributed by atoms with Crippen LogP contribution in [0, 0.1) is 0 Å². The van der Waals surface area contributed by atoms with Crippen molar-refractivity contribution in [2.24, 2.45) is 7.05 Å². The van der Waals surface area contributed by atoms with Crippen LogP contribution in [0.5, 0.6) is 0 Å². The van der Waals surface area contributed by atoms with Crippen molar-refractivity contribution in [3.63, 3.8) is 0 Å². The molecule has 0 aliphatic carbocycles. The summed E-state index contributed by atoms with van der Waals surface area (Å²) >= 11 is 11.8. The molecule has 3 rings (SSSR count). The molecule has 0 spiro atoms. The molecule has 11 heteroatoms. The number of hydrogen-bond donors (Lipinski definition) is 3. The molecule has 0 bridgehead atoms. The summed E-state index contributed by atoms with van der Waals surface area (Å²) in [6.45, 7) is 2.66. The Labute approximate surface area is 245 Å². The molecule has 3 N–H and O–H groups in total. The van der Waals surface area contributed by atoms with Gasteiger partial charge in [-0.05, 0) is 69.5 Å². The maximum atomic E-state index is 13.0. The van der Waals surface area contributed by atoms with E-state index in [0.717, 1.165) is 18.7 Å². The lowest BCUT2D eigenvalue weighted by Crippen LogP contribution is -2.28. The van der Waals surface area contributed by atoms with Gasteiger partial charge in [0.05, 0.1) is 5.69 Å². The molecule has 40 heavy (non-hydrogen) atoms. The largest absolute Gasteiger partial charge is 0.369 e. The lowest BCUT2D eigenvalue weighted by Gasteiger charge is -2.23. The van der Waals surface area contributed by atoms with E-state index in [1.807, 2.05) is 31.1 Å². The van der Waals surface area contributed by atoms with Crippen molar-refractivity contribution in [1.82, 2.24) is 14.8 Å². The van der Waals surface area contributed by atoms with E-state index in [4.69, 9.17) is 23.2 Å². The third-order valence-corrected chi connectivity index (χ3v) is 6.47. The van der Waals surface area contributed by atoms with Crippen molar-refractivity contribution in [3.8, 4) is 0 Å². The second-order valence-corrected chi connectivity index (χ2v) is 10.3. The summed E-state index contributed by atoms with van der Waals surface area (Å²) in [4.78, 5) is 42.6. The van der Waals surface area contributed by atoms with E-state index in [0.29, 0.717) is 59.6 Å². The van der Waals surface area contributed by atoms with Gasteiger partial charge < -0.3 is 30.3 Å². The van der Waals surface area contributed by atoms with E-state index in [1.54, 1.807) is 60.3 Å². The topological polar surface area (TPSA) is 98.7 Å². The fourth-order valence-electron chi connectivity index (χ4n) is 4.11. The van der Waals surface area contributed by atoms with Gasteiger partial charge in [-0.2, -0.15) is 0 Å². The Morgan fingerprint density at radius 1 is 0.800 bits per heavy atom. The highest BCUT2D eigenvalue weighted by molar-refractivity contribution is 6.18. The maximum absolute atomic E-state index is 13.0. The van der Waals surface area contributed by atoms with Gasteiger partial charge in [-0.25, -0.2) is 0 Å². The van der Waals surface area contributed by atoms with Gasteiger partial charge in [-0.1, -0.05) is 12.1 Å². The first kappa shape index (κ1) is 31.0. The molecule has 0 saturated heterocycles. The van der Waals surface area contributed by atoms with Crippen LogP contribution in [0.1, 0.15) is 37.6 Å². The quantitative estimate of drug-likeness (QED) is 0.191. The third-order valence-electron chi connectivity index (χ3n) is 6.13. The molecule has 1 aromatic heterocycles. The predicted octanol–water partition coefficient (Wildman–Crippen LogP) is 4.50. The minimum atomic E-state index is -0.362. The minimum absolute atomic E-state index is 0.205. The molecule has 2 aromatic carbocycles. The number of carbonyl (C=O) groups excluding carboxylic acids is 3. The maximum Gasteiger partial charge on any atom is 0.267 e. The van der Waals surface area contributed by atoms with Crippen molar-refractivity contribution in [3.05, 3.63) is 77.6 Å². The second kappa shape index (κ2) is 15.3. The Kier molecular flexibility index (Phi) is 11.9. The summed E-state index contributed by atoms with van der Waals surface area (Å²) < 4.78 is 1.67. The number of aromatic nitrogens is 1. The zero-order chi connectivity index (χ0) is 29.1. The standard InChI is InChI=1S/C29H36Cl2N6O3/c1-35(2)14-6-13-32-29(40)26-19-24(20-36(26)3)34-27(38)21-7-4-9-23(17-21)33-28(39)22-8-5-10-25(18-22)37(15-11-30)16-12-31/h4-5,7-10,17-20H,6,11-16H2,1-3H3,(H,32,40)(H,33,39)(H,34,38). The molecule has 0 aliphatic heterocycles. The summed E-state index contributed by atoms with van der Waals surface area (Å²) in [5, 5.41) is 8.58. The first-order valence-corrected chi connectivity index (χ1v) is 14.1. The number of hydrogen-bond acceptors (Lipinski definition) is 5. The number of halogens is 2. The molecule has 0 aliphatic rings. The van der Waals surface area contributed by atoms with E-state index in [9.17, 15) is 14.4 Å². The van der Waals surface area contributed by atoms with Crippen LogP contribution in [0.4, 0.5) is 17.1 Å². The number of nitrogens with zero attached hydrogens (tertiary/aromatic N) is 3. The Bertz CT molecular complexity index is 1300. The van der Waals surface area contributed by atoms with Gasteiger partial charge in [0.15, 0.2) is 0 Å². The van der Waals surface area contributed by atoms with Gasteiger partial charge in [0, 0.05) is 67.1 Å². The number of anilines is 3. The summed E-state index contributed by atoms with van der Waals surface area (Å²) in [7, 11) is 5.72.